The standard InChI is InChI=1S/C7H5Cl2F3N2O/c8-5-3(1-13)14-2-4(6(5)9)15-7(10,11)12/h2H,1,13H2. The van der Waals surface area contributed by atoms with Crippen LogP contribution in [0.3, 0.4) is 0 Å². The Kier molecular flexibility index (Phi) is 3.64. The molecule has 15 heavy (non-hydrogen) atoms. The van der Waals surface area contributed by atoms with Gasteiger partial charge in [-0.15, -0.1) is 13.2 Å². The topological polar surface area (TPSA) is 48.1 Å². The van der Waals surface area contributed by atoms with Crippen molar-refractivity contribution in [2.24, 2.45) is 5.73 Å². The molecule has 0 saturated heterocycles. The number of pyridine rings is 1. The minimum absolute atomic E-state index is 0.0230. The summed E-state index contributed by atoms with van der Waals surface area (Å²) in [6, 6.07) is 0. The van der Waals surface area contributed by atoms with Gasteiger partial charge in [0.1, 0.15) is 5.02 Å². The first kappa shape index (κ1) is 12.4. The highest BCUT2D eigenvalue weighted by Gasteiger charge is 2.32. The molecule has 0 bridgehead atoms. The van der Waals surface area contributed by atoms with E-state index in [1.165, 1.54) is 0 Å². The lowest BCUT2D eigenvalue weighted by Crippen LogP contribution is -2.18. The third-order valence-electron chi connectivity index (χ3n) is 1.42. The summed E-state index contributed by atoms with van der Waals surface area (Å²) >= 11 is 11.1. The zero-order valence-electron chi connectivity index (χ0n) is 7.11. The van der Waals surface area contributed by atoms with Crippen LogP contribution in [0.4, 0.5) is 13.2 Å². The van der Waals surface area contributed by atoms with Gasteiger partial charge in [0.15, 0.2) is 5.75 Å². The Morgan fingerprint density at radius 1 is 1.33 bits per heavy atom. The predicted molar refractivity (Wildman–Crippen MR) is 48.8 cm³/mol. The van der Waals surface area contributed by atoms with Crippen molar-refractivity contribution in [2.75, 3.05) is 0 Å². The van der Waals surface area contributed by atoms with Crippen LogP contribution in [0.1, 0.15) is 5.69 Å². The second-order valence-corrected chi connectivity index (χ2v) is 3.20. The van der Waals surface area contributed by atoms with Crippen LogP contribution >= 0.6 is 23.2 Å². The molecule has 1 aromatic heterocycles. The normalized spacial score (nSPS) is 11.6. The van der Waals surface area contributed by atoms with Crippen LogP contribution in [0.5, 0.6) is 5.75 Å². The first-order valence-corrected chi connectivity index (χ1v) is 4.39. The predicted octanol–water partition coefficient (Wildman–Crippen LogP) is 2.75. The largest absolute Gasteiger partial charge is 0.573 e. The Morgan fingerprint density at radius 2 is 1.93 bits per heavy atom. The fourth-order valence-electron chi connectivity index (χ4n) is 0.823. The first-order valence-electron chi connectivity index (χ1n) is 3.64. The van der Waals surface area contributed by atoms with Gasteiger partial charge < -0.3 is 10.5 Å². The summed E-state index contributed by atoms with van der Waals surface area (Å²) in [6.45, 7) is -0.0230. The molecule has 0 aromatic carbocycles. The smallest absolute Gasteiger partial charge is 0.402 e. The van der Waals surface area contributed by atoms with Crippen LogP contribution in [-0.2, 0) is 6.54 Å². The van der Waals surface area contributed by atoms with Crippen molar-refractivity contribution >= 4 is 23.2 Å². The molecule has 3 nitrogen and oxygen atoms in total. The summed E-state index contributed by atoms with van der Waals surface area (Å²) in [5.74, 6) is -0.647. The number of nitrogens with zero attached hydrogens (tertiary/aromatic N) is 1. The molecule has 0 atom stereocenters. The lowest BCUT2D eigenvalue weighted by atomic mass is 10.3. The van der Waals surface area contributed by atoms with E-state index < -0.39 is 12.1 Å². The Hall–Kier alpha value is -0.720. The lowest BCUT2D eigenvalue weighted by molar-refractivity contribution is -0.274. The number of rotatable bonds is 2. The summed E-state index contributed by atoms with van der Waals surface area (Å²) < 4.78 is 39.2. The van der Waals surface area contributed by atoms with E-state index in [4.69, 9.17) is 28.9 Å². The van der Waals surface area contributed by atoms with Gasteiger partial charge in [0.25, 0.3) is 0 Å². The summed E-state index contributed by atoms with van der Waals surface area (Å²) in [5.41, 5.74) is 5.43. The Bertz CT molecular complexity index is 370. The molecule has 1 heterocycles. The Labute approximate surface area is 92.9 Å². The highest BCUT2D eigenvalue weighted by molar-refractivity contribution is 6.43. The van der Waals surface area contributed by atoms with Crippen molar-refractivity contribution in [3.63, 3.8) is 0 Å². The molecule has 2 N–H and O–H groups in total. The molecule has 0 aliphatic heterocycles. The highest BCUT2D eigenvalue weighted by Crippen LogP contribution is 2.35. The van der Waals surface area contributed by atoms with Crippen molar-refractivity contribution in [3.05, 3.63) is 21.9 Å². The number of aromatic nitrogens is 1. The van der Waals surface area contributed by atoms with Gasteiger partial charge in [-0.3, -0.25) is 4.98 Å². The average molecular weight is 261 g/mol. The molecule has 84 valence electrons. The van der Waals surface area contributed by atoms with Crippen molar-refractivity contribution in [2.45, 2.75) is 12.9 Å². The van der Waals surface area contributed by atoms with Crippen LogP contribution in [0, 0.1) is 0 Å². The van der Waals surface area contributed by atoms with E-state index in [9.17, 15) is 13.2 Å². The number of alkyl halides is 3. The fraction of sp³-hybridized carbons (Fsp3) is 0.286. The van der Waals surface area contributed by atoms with E-state index in [2.05, 4.69) is 9.72 Å². The van der Waals surface area contributed by atoms with Crippen molar-refractivity contribution in [3.8, 4) is 5.75 Å². The molecule has 0 radical (unpaired) electrons. The van der Waals surface area contributed by atoms with Crippen molar-refractivity contribution in [1.82, 2.24) is 4.98 Å². The van der Waals surface area contributed by atoms with Gasteiger partial charge in [0.05, 0.1) is 16.9 Å². The van der Waals surface area contributed by atoms with Crippen LogP contribution in [0.25, 0.3) is 0 Å². The molecule has 0 amide bonds. The number of hydrogen-bond donors (Lipinski definition) is 1. The summed E-state index contributed by atoms with van der Waals surface area (Å²) in [7, 11) is 0. The van der Waals surface area contributed by atoms with Crippen LogP contribution in [-0.4, -0.2) is 11.3 Å². The number of hydrogen-bond acceptors (Lipinski definition) is 3. The highest BCUT2D eigenvalue weighted by atomic mass is 35.5. The van der Waals surface area contributed by atoms with Crippen molar-refractivity contribution < 1.29 is 17.9 Å². The molecular formula is C7H5Cl2F3N2O. The zero-order chi connectivity index (χ0) is 11.6. The third-order valence-corrected chi connectivity index (χ3v) is 2.30. The maximum atomic E-state index is 11.9. The molecule has 0 fully saturated rings. The number of ether oxygens (including phenoxy) is 1. The fourth-order valence-corrected chi connectivity index (χ4v) is 1.24. The molecule has 0 unspecified atom stereocenters. The van der Waals surface area contributed by atoms with Gasteiger partial charge in [0, 0.05) is 6.54 Å². The van der Waals surface area contributed by atoms with E-state index in [0.29, 0.717) is 0 Å². The molecule has 8 heteroatoms. The molecule has 1 aromatic rings. The lowest BCUT2D eigenvalue weighted by Gasteiger charge is -2.11. The second kappa shape index (κ2) is 4.42. The Morgan fingerprint density at radius 3 is 2.40 bits per heavy atom. The molecule has 1 rings (SSSR count). The van der Waals surface area contributed by atoms with Crippen LogP contribution in [0.15, 0.2) is 6.20 Å². The van der Waals surface area contributed by atoms with E-state index in [0.717, 1.165) is 6.20 Å². The van der Waals surface area contributed by atoms with Gasteiger partial charge in [-0.05, 0) is 0 Å². The van der Waals surface area contributed by atoms with E-state index >= 15 is 0 Å². The van der Waals surface area contributed by atoms with Crippen LogP contribution < -0.4 is 10.5 Å². The van der Waals surface area contributed by atoms with Gasteiger partial charge in [0.2, 0.25) is 0 Å². The first-order chi connectivity index (χ1) is 6.85. The second-order valence-electron chi connectivity index (χ2n) is 2.45. The SMILES string of the molecule is NCc1ncc(OC(F)(F)F)c(Cl)c1Cl. The van der Waals surface area contributed by atoms with Gasteiger partial charge in [-0.1, -0.05) is 23.2 Å². The minimum atomic E-state index is -4.83. The third kappa shape index (κ3) is 3.12. The zero-order valence-corrected chi connectivity index (χ0v) is 8.62. The summed E-state index contributed by atoms with van der Waals surface area (Å²) in [5, 5.41) is -0.495. The quantitative estimate of drug-likeness (QED) is 0.890. The maximum Gasteiger partial charge on any atom is 0.573 e. The van der Waals surface area contributed by atoms with Crippen LogP contribution in [0.2, 0.25) is 10.0 Å². The Balaban J connectivity index is 3.07. The maximum absolute atomic E-state index is 11.9. The minimum Gasteiger partial charge on any atom is -0.402 e. The van der Waals surface area contributed by atoms with Gasteiger partial charge in [-0.25, -0.2) is 0 Å². The number of nitrogens with two attached hydrogens (primary N) is 1. The summed E-state index contributed by atoms with van der Waals surface area (Å²) in [4.78, 5) is 3.58. The van der Waals surface area contributed by atoms with Gasteiger partial charge in [-0.2, -0.15) is 0 Å². The van der Waals surface area contributed by atoms with E-state index in [-0.39, 0.29) is 22.3 Å². The molecule has 0 aliphatic rings. The summed E-state index contributed by atoms with van der Waals surface area (Å²) in [6.07, 6.45) is -4.01. The number of halogens is 5. The van der Waals surface area contributed by atoms with E-state index in [1.807, 2.05) is 0 Å². The average Bonchev–Trinajstić information content (AvgIpc) is 2.11. The van der Waals surface area contributed by atoms with Crippen molar-refractivity contribution in [1.29, 1.82) is 0 Å². The molecule has 0 saturated carbocycles. The molecule has 0 aliphatic carbocycles. The molecule has 0 spiro atoms. The van der Waals surface area contributed by atoms with E-state index in [1.54, 1.807) is 0 Å². The van der Waals surface area contributed by atoms with Gasteiger partial charge >= 0.3 is 6.36 Å². The monoisotopic (exact) mass is 260 g/mol. The molecular weight excluding hydrogens is 256 g/mol.